The maximum Gasteiger partial charge on any atom is 0.358 e. The van der Waals surface area contributed by atoms with Crippen LogP contribution in [0.5, 0.6) is 0 Å². The third-order valence-corrected chi connectivity index (χ3v) is 4.04. The zero-order valence-electron chi connectivity index (χ0n) is 10.2. The largest absolute Gasteiger partial charge is 0.476 e. The molecule has 0 aliphatic carbocycles. The topological polar surface area (TPSA) is 72.6 Å². The van der Waals surface area contributed by atoms with Gasteiger partial charge in [-0.1, -0.05) is 5.16 Å². The van der Waals surface area contributed by atoms with Crippen LogP contribution in [0.3, 0.4) is 0 Å². The number of carboxylic acids is 1. The Labute approximate surface area is 117 Å². The predicted molar refractivity (Wildman–Crippen MR) is 69.3 cm³/mol. The fourth-order valence-corrected chi connectivity index (χ4v) is 2.73. The number of ether oxygens (including phenoxy) is 1. The Morgan fingerprint density at radius 2 is 2.20 bits per heavy atom. The van der Waals surface area contributed by atoms with Gasteiger partial charge < -0.3 is 14.4 Å². The summed E-state index contributed by atoms with van der Waals surface area (Å²) < 4.78 is 23.9. The zero-order chi connectivity index (χ0) is 14.1. The summed E-state index contributed by atoms with van der Waals surface area (Å²) in [7, 11) is 0. The number of thioether (sulfide) groups is 1. The summed E-state index contributed by atoms with van der Waals surface area (Å²) in [5.41, 5.74) is 0.252. The van der Waals surface area contributed by atoms with Crippen LogP contribution in [0.2, 0.25) is 0 Å². The molecule has 1 aliphatic heterocycles. The highest BCUT2D eigenvalue weighted by Crippen LogP contribution is 2.32. The summed E-state index contributed by atoms with van der Waals surface area (Å²) >= 11 is 1.43. The molecule has 0 saturated carbocycles. The lowest BCUT2D eigenvalue weighted by Gasteiger charge is -2.25. The molecular formula is C13H10FNO4S. The Kier molecular flexibility index (Phi) is 3.45. The van der Waals surface area contributed by atoms with Gasteiger partial charge in [0.1, 0.15) is 5.82 Å². The highest BCUT2D eigenvalue weighted by Gasteiger charge is 2.21. The average molecular weight is 295 g/mol. The molecule has 0 atom stereocenters. The van der Waals surface area contributed by atoms with Crippen molar-refractivity contribution in [3.8, 4) is 11.3 Å². The number of halogens is 1. The van der Waals surface area contributed by atoms with E-state index in [4.69, 9.17) is 14.4 Å². The second-order valence-electron chi connectivity index (χ2n) is 4.30. The Morgan fingerprint density at radius 3 is 2.75 bits per heavy atom. The van der Waals surface area contributed by atoms with Crippen LogP contribution in [0, 0.1) is 5.82 Å². The zero-order valence-corrected chi connectivity index (χ0v) is 11.0. The molecule has 1 fully saturated rings. The van der Waals surface area contributed by atoms with Crippen LogP contribution < -0.4 is 0 Å². The van der Waals surface area contributed by atoms with E-state index in [1.807, 2.05) is 0 Å². The molecule has 5 nitrogen and oxygen atoms in total. The second-order valence-corrected chi connectivity index (χ2v) is 5.65. The smallest absolute Gasteiger partial charge is 0.358 e. The molecule has 0 radical (unpaired) electrons. The number of carbonyl (C=O) groups is 1. The fraction of sp³-hybridized carbons (Fsp3) is 0.231. The van der Waals surface area contributed by atoms with Crippen molar-refractivity contribution in [1.82, 2.24) is 5.16 Å². The lowest BCUT2D eigenvalue weighted by molar-refractivity contribution is 0.0455. The SMILES string of the molecule is O=C(O)c1cc(-c2ccc(SC3COC3)c(F)c2)on1. The van der Waals surface area contributed by atoms with Crippen molar-refractivity contribution in [2.75, 3.05) is 13.2 Å². The summed E-state index contributed by atoms with van der Waals surface area (Å²) in [6, 6.07) is 5.91. The van der Waals surface area contributed by atoms with E-state index < -0.39 is 5.97 Å². The highest BCUT2D eigenvalue weighted by molar-refractivity contribution is 8.00. The van der Waals surface area contributed by atoms with E-state index in [0.717, 1.165) is 0 Å². The van der Waals surface area contributed by atoms with E-state index in [0.29, 0.717) is 28.9 Å². The summed E-state index contributed by atoms with van der Waals surface area (Å²) in [5, 5.41) is 12.5. The Balaban J connectivity index is 1.83. The summed E-state index contributed by atoms with van der Waals surface area (Å²) in [4.78, 5) is 11.3. The number of aromatic nitrogens is 1. The first-order valence-electron chi connectivity index (χ1n) is 5.88. The van der Waals surface area contributed by atoms with Crippen molar-refractivity contribution < 1.29 is 23.6 Å². The first-order chi connectivity index (χ1) is 9.63. The molecule has 1 saturated heterocycles. The number of hydrogen-bond donors (Lipinski definition) is 1. The minimum absolute atomic E-state index is 0.203. The molecule has 0 spiro atoms. The third-order valence-electron chi connectivity index (χ3n) is 2.85. The van der Waals surface area contributed by atoms with Crippen LogP contribution >= 0.6 is 11.8 Å². The van der Waals surface area contributed by atoms with Gasteiger partial charge in [-0.15, -0.1) is 11.8 Å². The Hall–Kier alpha value is -1.86. The monoisotopic (exact) mass is 295 g/mol. The first kappa shape index (κ1) is 13.1. The van der Waals surface area contributed by atoms with Crippen molar-refractivity contribution in [2.24, 2.45) is 0 Å². The number of aromatic carboxylic acids is 1. The standard InChI is InChI=1S/C13H10FNO4S/c14-9-3-7(11-4-10(13(16)17)15-19-11)1-2-12(9)20-8-5-18-6-8/h1-4,8H,5-6H2,(H,16,17). The molecule has 0 amide bonds. The van der Waals surface area contributed by atoms with Crippen molar-refractivity contribution >= 4 is 17.7 Å². The molecule has 2 aromatic rings. The van der Waals surface area contributed by atoms with E-state index in [-0.39, 0.29) is 17.3 Å². The Bertz CT molecular complexity index is 654. The first-order valence-corrected chi connectivity index (χ1v) is 6.76. The van der Waals surface area contributed by atoms with Gasteiger partial charge in [0.2, 0.25) is 0 Å². The number of rotatable bonds is 4. The minimum atomic E-state index is -1.18. The number of nitrogens with zero attached hydrogens (tertiary/aromatic N) is 1. The normalized spacial score (nSPS) is 15.1. The highest BCUT2D eigenvalue weighted by atomic mass is 32.2. The number of carboxylic acid groups (broad SMARTS) is 1. The van der Waals surface area contributed by atoms with Gasteiger partial charge in [-0.05, 0) is 18.2 Å². The summed E-state index contributed by atoms with van der Waals surface area (Å²) in [6.45, 7) is 1.27. The molecule has 1 N–H and O–H groups in total. The van der Waals surface area contributed by atoms with Crippen molar-refractivity contribution in [3.05, 3.63) is 35.8 Å². The van der Waals surface area contributed by atoms with Gasteiger partial charge in [0, 0.05) is 16.5 Å². The lowest BCUT2D eigenvalue weighted by atomic mass is 10.1. The fourth-order valence-electron chi connectivity index (χ4n) is 1.72. The van der Waals surface area contributed by atoms with Gasteiger partial charge in [-0.25, -0.2) is 9.18 Å². The molecule has 1 aromatic carbocycles. The Morgan fingerprint density at radius 1 is 1.40 bits per heavy atom. The van der Waals surface area contributed by atoms with E-state index in [1.165, 1.54) is 23.9 Å². The molecule has 3 rings (SSSR count). The van der Waals surface area contributed by atoms with Crippen LogP contribution in [-0.2, 0) is 4.74 Å². The maximum absolute atomic E-state index is 14.0. The summed E-state index contributed by atoms with van der Waals surface area (Å²) in [6.07, 6.45) is 0. The van der Waals surface area contributed by atoms with Crippen LogP contribution in [-0.4, -0.2) is 34.7 Å². The van der Waals surface area contributed by atoms with Gasteiger partial charge in [-0.2, -0.15) is 0 Å². The minimum Gasteiger partial charge on any atom is -0.476 e. The molecule has 1 aromatic heterocycles. The second kappa shape index (κ2) is 5.26. The van der Waals surface area contributed by atoms with Gasteiger partial charge in [0.05, 0.1) is 18.5 Å². The summed E-state index contributed by atoms with van der Waals surface area (Å²) in [5.74, 6) is -1.32. The van der Waals surface area contributed by atoms with Gasteiger partial charge in [-0.3, -0.25) is 0 Å². The molecule has 2 heterocycles. The van der Waals surface area contributed by atoms with Gasteiger partial charge >= 0.3 is 5.97 Å². The van der Waals surface area contributed by atoms with E-state index in [1.54, 1.807) is 12.1 Å². The van der Waals surface area contributed by atoms with E-state index in [9.17, 15) is 9.18 Å². The van der Waals surface area contributed by atoms with Crippen molar-refractivity contribution in [1.29, 1.82) is 0 Å². The van der Waals surface area contributed by atoms with Crippen LogP contribution in [0.15, 0.2) is 33.7 Å². The van der Waals surface area contributed by atoms with Crippen molar-refractivity contribution in [3.63, 3.8) is 0 Å². The molecular weight excluding hydrogens is 285 g/mol. The molecule has 7 heteroatoms. The van der Waals surface area contributed by atoms with Gasteiger partial charge in [0.15, 0.2) is 11.5 Å². The number of hydrogen-bond acceptors (Lipinski definition) is 5. The molecule has 0 unspecified atom stereocenters. The maximum atomic E-state index is 14.0. The van der Waals surface area contributed by atoms with E-state index >= 15 is 0 Å². The van der Waals surface area contributed by atoms with Crippen molar-refractivity contribution in [2.45, 2.75) is 10.1 Å². The average Bonchev–Trinajstić information content (AvgIpc) is 2.84. The molecule has 1 aliphatic rings. The molecule has 20 heavy (non-hydrogen) atoms. The molecule has 0 bridgehead atoms. The number of benzene rings is 1. The van der Waals surface area contributed by atoms with Crippen LogP contribution in [0.25, 0.3) is 11.3 Å². The van der Waals surface area contributed by atoms with Crippen LogP contribution in [0.1, 0.15) is 10.5 Å². The third kappa shape index (κ3) is 2.54. The van der Waals surface area contributed by atoms with E-state index in [2.05, 4.69) is 5.16 Å². The quantitative estimate of drug-likeness (QED) is 0.935. The lowest BCUT2D eigenvalue weighted by Crippen LogP contribution is -2.30. The predicted octanol–water partition coefficient (Wildman–Crippen LogP) is 2.67. The van der Waals surface area contributed by atoms with Gasteiger partial charge in [0.25, 0.3) is 0 Å². The van der Waals surface area contributed by atoms with Crippen LogP contribution in [0.4, 0.5) is 4.39 Å². The molecule has 104 valence electrons.